The molecule has 0 bridgehead atoms. The summed E-state index contributed by atoms with van der Waals surface area (Å²) in [4.78, 5) is 0. The average molecular weight is 227 g/mol. The number of nitrogens with two attached hydrogens (primary N) is 1. The van der Waals surface area contributed by atoms with E-state index in [1.165, 1.54) is 22.3 Å². The number of aryl methyl sites for hydroxylation is 3. The van der Waals surface area contributed by atoms with Crippen LogP contribution in [0.25, 0.3) is 0 Å². The van der Waals surface area contributed by atoms with Crippen LogP contribution in [0.2, 0.25) is 0 Å². The van der Waals surface area contributed by atoms with Crippen LogP contribution >= 0.6 is 12.4 Å². The first-order valence-corrected chi connectivity index (χ1v) is 5.11. The first-order valence-electron chi connectivity index (χ1n) is 5.11. The minimum atomic E-state index is -0.123. The maximum atomic E-state index is 6.31. The highest BCUT2D eigenvalue weighted by Crippen LogP contribution is 2.29. The molecule has 1 heterocycles. The Hall–Kier alpha value is -0.570. The van der Waals surface area contributed by atoms with Gasteiger partial charge in [0, 0.05) is 13.1 Å². The SMILES string of the molecule is Cc1cc(C)c(C2(N)CNC2)c(C)c1.Cl. The van der Waals surface area contributed by atoms with E-state index in [2.05, 4.69) is 38.2 Å². The smallest absolute Gasteiger partial charge is 0.0667 e. The summed E-state index contributed by atoms with van der Waals surface area (Å²) >= 11 is 0. The molecule has 0 radical (unpaired) electrons. The number of hydrogen-bond donors (Lipinski definition) is 2. The van der Waals surface area contributed by atoms with E-state index < -0.39 is 0 Å². The zero-order valence-electron chi connectivity index (χ0n) is 9.55. The summed E-state index contributed by atoms with van der Waals surface area (Å²) in [5, 5.41) is 3.24. The lowest BCUT2D eigenvalue weighted by Crippen LogP contribution is -2.63. The monoisotopic (exact) mass is 226 g/mol. The Balaban J connectivity index is 0.00000112. The molecule has 0 unspecified atom stereocenters. The number of rotatable bonds is 1. The van der Waals surface area contributed by atoms with E-state index in [0.29, 0.717) is 0 Å². The summed E-state index contributed by atoms with van der Waals surface area (Å²) in [5.41, 5.74) is 11.5. The molecule has 1 aliphatic rings. The van der Waals surface area contributed by atoms with Crippen molar-refractivity contribution < 1.29 is 0 Å². The molecular weight excluding hydrogens is 208 g/mol. The van der Waals surface area contributed by atoms with Gasteiger partial charge in [-0.15, -0.1) is 12.4 Å². The zero-order valence-corrected chi connectivity index (χ0v) is 10.4. The van der Waals surface area contributed by atoms with Crippen molar-refractivity contribution in [3.05, 3.63) is 34.4 Å². The van der Waals surface area contributed by atoms with Gasteiger partial charge in [0.05, 0.1) is 5.54 Å². The molecule has 1 aliphatic heterocycles. The molecule has 0 aromatic heterocycles. The maximum Gasteiger partial charge on any atom is 0.0667 e. The van der Waals surface area contributed by atoms with Crippen LogP contribution in [-0.4, -0.2) is 13.1 Å². The highest BCUT2D eigenvalue weighted by Gasteiger charge is 2.36. The van der Waals surface area contributed by atoms with E-state index in [9.17, 15) is 0 Å². The van der Waals surface area contributed by atoms with Crippen molar-refractivity contribution in [3.8, 4) is 0 Å². The number of benzene rings is 1. The van der Waals surface area contributed by atoms with Gasteiger partial charge in [-0.2, -0.15) is 0 Å². The summed E-state index contributed by atoms with van der Waals surface area (Å²) in [5.74, 6) is 0. The van der Waals surface area contributed by atoms with E-state index in [1.54, 1.807) is 0 Å². The van der Waals surface area contributed by atoms with Crippen molar-refractivity contribution in [2.24, 2.45) is 5.73 Å². The molecule has 2 nitrogen and oxygen atoms in total. The van der Waals surface area contributed by atoms with E-state index in [4.69, 9.17) is 5.73 Å². The first-order chi connectivity index (χ1) is 6.53. The van der Waals surface area contributed by atoms with Gasteiger partial charge in [0.15, 0.2) is 0 Å². The topological polar surface area (TPSA) is 38.0 Å². The van der Waals surface area contributed by atoms with Gasteiger partial charge in [-0.3, -0.25) is 0 Å². The fraction of sp³-hybridized carbons (Fsp3) is 0.500. The van der Waals surface area contributed by atoms with E-state index in [1.807, 2.05) is 0 Å². The Labute approximate surface area is 97.7 Å². The summed E-state index contributed by atoms with van der Waals surface area (Å²) in [6.45, 7) is 8.24. The lowest BCUT2D eigenvalue weighted by Gasteiger charge is -2.41. The fourth-order valence-electron chi connectivity index (χ4n) is 2.54. The van der Waals surface area contributed by atoms with Crippen LogP contribution in [-0.2, 0) is 5.54 Å². The highest BCUT2D eigenvalue weighted by atomic mass is 35.5. The van der Waals surface area contributed by atoms with Crippen LogP contribution in [0.3, 0.4) is 0 Å². The average Bonchev–Trinajstić information content (AvgIpc) is 1.99. The van der Waals surface area contributed by atoms with Gasteiger partial charge in [-0.1, -0.05) is 17.7 Å². The number of nitrogens with one attached hydrogen (secondary N) is 1. The second-order valence-electron chi connectivity index (χ2n) is 4.53. The molecule has 1 fully saturated rings. The van der Waals surface area contributed by atoms with E-state index in [-0.39, 0.29) is 17.9 Å². The molecule has 0 spiro atoms. The molecule has 0 atom stereocenters. The third-order valence-electron chi connectivity index (χ3n) is 3.06. The molecule has 0 aliphatic carbocycles. The van der Waals surface area contributed by atoms with E-state index in [0.717, 1.165) is 13.1 Å². The van der Waals surface area contributed by atoms with Crippen molar-refractivity contribution in [1.82, 2.24) is 5.32 Å². The quantitative estimate of drug-likeness (QED) is 0.767. The number of hydrogen-bond acceptors (Lipinski definition) is 2. The normalized spacial score (nSPS) is 17.9. The van der Waals surface area contributed by atoms with Crippen LogP contribution in [0, 0.1) is 20.8 Å². The van der Waals surface area contributed by atoms with Gasteiger partial charge in [0.2, 0.25) is 0 Å². The van der Waals surface area contributed by atoms with E-state index >= 15 is 0 Å². The molecule has 1 saturated heterocycles. The van der Waals surface area contributed by atoms with Crippen LogP contribution in [0.5, 0.6) is 0 Å². The Kier molecular flexibility index (Phi) is 3.44. The predicted octanol–water partition coefficient (Wildman–Crippen LogP) is 1.79. The van der Waals surface area contributed by atoms with Crippen molar-refractivity contribution >= 4 is 12.4 Å². The van der Waals surface area contributed by atoms with Gasteiger partial charge >= 0.3 is 0 Å². The first kappa shape index (κ1) is 12.5. The fourth-order valence-corrected chi connectivity index (χ4v) is 2.54. The Morgan fingerprint density at radius 2 is 1.60 bits per heavy atom. The Morgan fingerprint density at radius 3 is 1.93 bits per heavy atom. The Morgan fingerprint density at radius 1 is 1.13 bits per heavy atom. The third-order valence-corrected chi connectivity index (χ3v) is 3.06. The van der Waals surface area contributed by atoms with Gasteiger partial charge in [-0.05, 0) is 37.5 Å². The third kappa shape index (κ3) is 2.03. The lowest BCUT2D eigenvalue weighted by molar-refractivity contribution is 0.284. The molecular formula is C12H19ClN2. The lowest BCUT2D eigenvalue weighted by atomic mass is 9.79. The van der Waals surface area contributed by atoms with Crippen LogP contribution in [0.4, 0.5) is 0 Å². The van der Waals surface area contributed by atoms with Crippen molar-refractivity contribution in [2.45, 2.75) is 26.3 Å². The van der Waals surface area contributed by atoms with Gasteiger partial charge in [0.25, 0.3) is 0 Å². The van der Waals surface area contributed by atoms with Gasteiger partial charge in [-0.25, -0.2) is 0 Å². The second-order valence-corrected chi connectivity index (χ2v) is 4.53. The second kappa shape index (κ2) is 4.12. The molecule has 1 aromatic carbocycles. The molecule has 84 valence electrons. The summed E-state index contributed by atoms with van der Waals surface area (Å²) in [6, 6.07) is 4.44. The Bertz CT molecular complexity index is 347. The molecule has 2 rings (SSSR count). The maximum absolute atomic E-state index is 6.31. The van der Waals surface area contributed by atoms with Crippen molar-refractivity contribution in [1.29, 1.82) is 0 Å². The zero-order chi connectivity index (χ0) is 10.3. The van der Waals surface area contributed by atoms with Gasteiger partial charge < -0.3 is 11.1 Å². The molecule has 0 saturated carbocycles. The summed E-state index contributed by atoms with van der Waals surface area (Å²) in [7, 11) is 0. The minimum absolute atomic E-state index is 0. The minimum Gasteiger partial charge on any atom is -0.319 e. The highest BCUT2D eigenvalue weighted by molar-refractivity contribution is 5.85. The largest absolute Gasteiger partial charge is 0.319 e. The molecule has 3 N–H and O–H groups in total. The summed E-state index contributed by atoms with van der Waals surface area (Å²) < 4.78 is 0. The molecule has 3 heteroatoms. The predicted molar refractivity (Wildman–Crippen MR) is 66.6 cm³/mol. The standard InChI is InChI=1S/C12H18N2.ClH/c1-8-4-9(2)11(10(3)5-8)12(13)6-14-7-12;/h4-5,14H,6-7,13H2,1-3H3;1H. The van der Waals surface area contributed by atoms with Crippen LogP contribution in [0.1, 0.15) is 22.3 Å². The van der Waals surface area contributed by atoms with Crippen LogP contribution in [0.15, 0.2) is 12.1 Å². The molecule has 0 amide bonds. The summed E-state index contributed by atoms with van der Waals surface area (Å²) in [6.07, 6.45) is 0. The molecule has 1 aromatic rings. The van der Waals surface area contributed by atoms with Crippen molar-refractivity contribution in [2.75, 3.05) is 13.1 Å². The molecule has 15 heavy (non-hydrogen) atoms. The van der Waals surface area contributed by atoms with Gasteiger partial charge in [0.1, 0.15) is 0 Å². The number of halogens is 1. The van der Waals surface area contributed by atoms with Crippen molar-refractivity contribution in [3.63, 3.8) is 0 Å². The van der Waals surface area contributed by atoms with Crippen LogP contribution < -0.4 is 11.1 Å².